The molecule has 24 heavy (non-hydrogen) atoms. The highest BCUT2D eigenvalue weighted by Crippen LogP contribution is 2.27. The van der Waals surface area contributed by atoms with Crippen molar-refractivity contribution in [1.82, 2.24) is 0 Å². The minimum Gasteiger partial charge on any atom is -0.508 e. The molecule has 0 saturated carbocycles. The summed E-state index contributed by atoms with van der Waals surface area (Å²) in [5, 5.41) is 15.5. The van der Waals surface area contributed by atoms with E-state index in [1.165, 1.54) is 6.07 Å². The summed E-state index contributed by atoms with van der Waals surface area (Å²) in [7, 11) is 0. The number of anilines is 1. The summed E-state index contributed by atoms with van der Waals surface area (Å²) >= 11 is 0. The Morgan fingerprint density at radius 2 is 1.71 bits per heavy atom. The Labute approximate surface area is 138 Å². The van der Waals surface area contributed by atoms with Gasteiger partial charge in [-0.1, -0.05) is 36.4 Å². The summed E-state index contributed by atoms with van der Waals surface area (Å²) < 4.78 is 5.47. The lowest BCUT2D eigenvalue weighted by Crippen LogP contribution is -2.06. The van der Waals surface area contributed by atoms with Gasteiger partial charge in [0, 0.05) is 29.1 Å². The number of benzene rings is 3. The number of fused-ring (bicyclic) bond motifs is 3. The third kappa shape index (κ3) is 2.58. The van der Waals surface area contributed by atoms with Gasteiger partial charge in [-0.3, -0.25) is 0 Å². The molecule has 0 radical (unpaired) electrons. The second-order valence-corrected chi connectivity index (χ2v) is 5.65. The molecule has 1 heterocycles. The van der Waals surface area contributed by atoms with Crippen LogP contribution in [0.4, 0.5) is 5.69 Å². The predicted octanol–water partition coefficient (Wildman–Crippen LogP) is 4.26. The van der Waals surface area contributed by atoms with Crippen molar-refractivity contribution in [3.8, 4) is 5.75 Å². The van der Waals surface area contributed by atoms with Gasteiger partial charge in [-0.05, 0) is 35.2 Å². The largest absolute Gasteiger partial charge is 0.508 e. The standard InChI is InChI=1S/C20H15NO3/c22-16-8-6-15(7-9-16)21-12-14-11-19(23)24-20-17-4-2-1-3-13(17)5-10-18(14)20/h1-11,21-22H,12H2. The smallest absolute Gasteiger partial charge is 0.336 e. The minimum atomic E-state index is -0.360. The van der Waals surface area contributed by atoms with Crippen molar-refractivity contribution in [2.24, 2.45) is 0 Å². The van der Waals surface area contributed by atoms with E-state index in [-0.39, 0.29) is 11.4 Å². The first-order chi connectivity index (χ1) is 11.7. The van der Waals surface area contributed by atoms with Crippen LogP contribution in [-0.2, 0) is 6.54 Å². The SMILES string of the molecule is O=c1cc(CNc2ccc(O)cc2)c2ccc3ccccc3c2o1. The molecule has 0 atom stereocenters. The van der Waals surface area contributed by atoms with E-state index in [4.69, 9.17) is 4.42 Å². The van der Waals surface area contributed by atoms with Gasteiger partial charge in [-0.2, -0.15) is 0 Å². The number of hydrogen-bond acceptors (Lipinski definition) is 4. The van der Waals surface area contributed by atoms with Gasteiger partial charge in [0.25, 0.3) is 0 Å². The number of hydrogen-bond donors (Lipinski definition) is 2. The molecular formula is C20H15NO3. The Hall–Kier alpha value is -3.27. The molecule has 0 fully saturated rings. The lowest BCUT2D eigenvalue weighted by Gasteiger charge is -2.10. The van der Waals surface area contributed by atoms with Crippen LogP contribution in [0.5, 0.6) is 5.75 Å². The monoisotopic (exact) mass is 317 g/mol. The highest BCUT2D eigenvalue weighted by atomic mass is 16.4. The Morgan fingerprint density at radius 1 is 0.917 bits per heavy atom. The third-order valence-corrected chi connectivity index (χ3v) is 4.07. The fourth-order valence-corrected chi connectivity index (χ4v) is 2.88. The van der Waals surface area contributed by atoms with Gasteiger partial charge in [0.15, 0.2) is 0 Å². The van der Waals surface area contributed by atoms with Crippen molar-refractivity contribution < 1.29 is 9.52 Å². The van der Waals surface area contributed by atoms with E-state index >= 15 is 0 Å². The molecule has 4 heteroatoms. The maximum absolute atomic E-state index is 12.0. The number of phenolic OH excluding ortho intramolecular Hbond substituents is 1. The highest BCUT2D eigenvalue weighted by molar-refractivity contribution is 6.04. The van der Waals surface area contributed by atoms with E-state index in [9.17, 15) is 9.90 Å². The molecule has 4 nitrogen and oxygen atoms in total. The minimum absolute atomic E-state index is 0.220. The molecule has 0 saturated heterocycles. The van der Waals surface area contributed by atoms with Crippen molar-refractivity contribution in [2.45, 2.75) is 6.54 Å². The lowest BCUT2D eigenvalue weighted by atomic mass is 10.0. The first kappa shape index (κ1) is 14.3. The fraction of sp³-hybridized carbons (Fsp3) is 0.0500. The first-order valence-corrected chi connectivity index (χ1v) is 7.68. The predicted molar refractivity (Wildman–Crippen MR) is 95.4 cm³/mol. The molecule has 118 valence electrons. The van der Waals surface area contributed by atoms with E-state index in [1.54, 1.807) is 24.3 Å². The van der Waals surface area contributed by atoms with Crippen LogP contribution in [0.2, 0.25) is 0 Å². The van der Waals surface area contributed by atoms with Crippen LogP contribution in [0, 0.1) is 0 Å². The zero-order valence-electron chi connectivity index (χ0n) is 12.8. The van der Waals surface area contributed by atoms with Gasteiger partial charge >= 0.3 is 5.63 Å². The maximum Gasteiger partial charge on any atom is 0.336 e. The fourth-order valence-electron chi connectivity index (χ4n) is 2.88. The van der Waals surface area contributed by atoms with Crippen LogP contribution < -0.4 is 10.9 Å². The summed E-state index contributed by atoms with van der Waals surface area (Å²) in [5.41, 5.74) is 2.00. The van der Waals surface area contributed by atoms with Gasteiger partial charge in [0.1, 0.15) is 11.3 Å². The van der Waals surface area contributed by atoms with Crippen LogP contribution in [0.3, 0.4) is 0 Å². The zero-order chi connectivity index (χ0) is 16.5. The van der Waals surface area contributed by atoms with E-state index in [1.807, 2.05) is 36.4 Å². The average Bonchev–Trinajstić information content (AvgIpc) is 2.61. The molecule has 0 aliphatic heterocycles. The molecule has 2 N–H and O–H groups in total. The molecule has 0 bridgehead atoms. The molecule has 0 spiro atoms. The average molecular weight is 317 g/mol. The quantitative estimate of drug-likeness (QED) is 0.337. The van der Waals surface area contributed by atoms with E-state index < -0.39 is 0 Å². The third-order valence-electron chi connectivity index (χ3n) is 4.07. The number of phenols is 1. The van der Waals surface area contributed by atoms with Gasteiger partial charge in [-0.15, -0.1) is 0 Å². The molecule has 0 aliphatic carbocycles. The lowest BCUT2D eigenvalue weighted by molar-refractivity contribution is 0.475. The zero-order valence-corrected chi connectivity index (χ0v) is 12.8. The summed E-state index contributed by atoms with van der Waals surface area (Å²) in [6.45, 7) is 0.491. The Balaban J connectivity index is 1.78. The van der Waals surface area contributed by atoms with E-state index in [0.717, 1.165) is 27.4 Å². The summed E-state index contributed by atoms with van der Waals surface area (Å²) in [4.78, 5) is 12.0. The van der Waals surface area contributed by atoms with E-state index in [0.29, 0.717) is 12.1 Å². The maximum atomic E-state index is 12.0. The molecule has 0 aliphatic rings. The van der Waals surface area contributed by atoms with E-state index in [2.05, 4.69) is 5.32 Å². The van der Waals surface area contributed by atoms with Crippen molar-refractivity contribution in [3.05, 3.63) is 82.7 Å². The van der Waals surface area contributed by atoms with Gasteiger partial charge < -0.3 is 14.8 Å². The van der Waals surface area contributed by atoms with Crippen molar-refractivity contribution in [1.29, 1.82) is 0 Å². The van der Waals surface area contributed by atoms with Crippen molar-refractivity contribution in [2.75, 3.05) is 5.32 Å². The van der Waals surface area contributed by atoms with Gasteiger partial charge in [-0.25, -0.2) is 4.79 Å². The van der Waals surface area contributed by atoms with Crippen LogP contribution in [0.15, 0.2) is 75.9 Å². The summed E-state index contributed by atoms with van der Waals surface area (Å²) in [6, 6.07) is 20.2. The van der Waals surface area contributed by atoms with Crippen LogP contribution in [-0.4, -0.2) is 5.11 Å². The second kappa shape index (κ2) is 5.74. The van der Waals surface area contributed by atoms with Crippen LogP contribution >= 0.6 is 0 Å². The van der Waals surface area contributed by atoms with Gasteiger partial charge in [0.2, 0.25) is 0 Å². The molecule has 3 aromatic carbocycles. The number of nitrogens with one attached hydrogen (secondary N) is 1. The Bertz CT molecular complexity index is 1080. The number of rotatable bonds is 3. The van der Waals surface area contributed by atoms with Crippen molar-refractivity contribution >= 4 is 27.4 Å². The molecule has 4 aromatic rings. The molecule has 0 amide bonds. The molecule has 4 rings (SSSR count). The summed E-state index contributed by atoms with van der Waals surface area (Å²) in [5.74, 6) is 0.220. The van der Waals surface area contributed by atoms with Crippen LogP contribution in [0.1, 0.15) is 5.56 Å². The molecule has 0 unspecified atom stereocenters. The summed E-state index contributed by atoms with van der Waals surface area (Å²) in [6.07, 6.45) is 0. The van der Waals surface area contributed by atoms with Crippen LogP contribution in [0.25, 0.3) is 21.7 Å². The normalized spacial score (nSPS) is 11.0. The first-order valence-electron chi connectivity index (χ1n) is 7.68. The number of aromatic hydroxyl groups is 1. The molecular weight excluding hydrogens is 302 g/mol. The Morgan fingerprint density at radius 3 is 2.54 bits per heavy atom. The topological polar surface area (TPSA) is 62.5 Å². The Kier molecular flexibility index (Phi) is 3.43. The highest BCUT2D eigenvalue weighted by Gasteiger charge is 2.09. The molecule has 1 aromatic heterocycles. The van der Waals surface area contributed by atoms with Gasteiger partial charge in [0.05, 0.1) is 0 Å². The van der Waals surface area contributed by atoms with Crippen molar-refractivity contribution in [3.63, 3.8) is 0 Å². The second-order valence-electron chi connectivity index (χ2n) is 5.65.